The van der Waals surface area contributed by atoms with Crippen LogP contribution in [-0.4, -0.2) is 12.2 Å². The summed E-state index contributed by atoms with van der Waals surface area (Å²) in [5, 5.41) is 0. The van der Waals surface area contributed by atoms with E-state index in [-0.39, 0.29) is 0 Å². The average Bonchev–Trinajstić information content (AvgIpc) is 2.63. The summed E-state index contributed by atoms with van der Waals surface area (Å²) in [6, 6.07) is 0. The smallest absolute Gasteiger partial charge is 0.0613 e. The van der Waals surface area contributed by atoms with Gasteiger partial charge in [0, 0.05) is 0 Å². The lowest BCUT2D eigenvalue weighted by atomic mass is 9.83. The molecule has 3 aliphatic rings. The van der Waals surface area contributed by atoms with E-state index in [1.807, 2.05) is 0 Å². The Morgan fingerprint density at radius 3 is 2.83 bits per heavy atom. The molecule has 0 N–H and O–H groups in total. The Bertz CT molecular complexity index is 211. The molecule has 0 radical (unpaired) electrons. The lowest BCUT2D eigenvalue weighted by molar-refractivity contribution is -0.0338. The minimum atomic E-state index is 0.635. The van der Waals surface area contributed by atoms with Crippen molar-refractivity contribution in [3.05, 3.63) is 0 Å². The predicted octanol–water partition coefficient (Wildman–Crippen LogP) is 2.60. The van der Waals surface area contributed by atoms with Crippen molar-refractivity contribution in [1.82, 2.24) is 0 Å². The first-order valence-corrected chi connectivity index (χ1v) is 5.38. The molecule has 12 heavy (non-hydrogen) atoms. The lowest BCUT2D eigenvalue weighted by Crippen LogP contribution is -2.29. The second kappa shape index (κ2) is 2.06. The highest BCUT2D eigenvalue weighted by Gasteiger charge is 2.64. The molecule has 2 saturated heterocycles. The molecule has 1 heteroatoms. The third-order valence-corrected chi connectivity index (χ3v) is 4.53. The topological polar surface area (TPSA) is 9.23 Å². The number of ether oxygens (including phenoxy) is 1. The van der Waals surface area contributed by atoms with Gasteiger partial charge in [0.15, 0.2) is 0 Å². The predicted molar refractivity (Wildman–Crippen MR) is 47.9 cm³/mol. The number of rotatable bonds is 1. The summed E-state index contributed by atoms with van der Waals surface area (Å²) in [4.78, 5) is 0. The third kappa shape index (κ3) is 0.736. The molecule has 4 atom stereocenters. The van der Waals surface area contributed by atoms with Crippen LogP contribution in [-0.2, 0) is 4.74 Å². The first kappa shape index (κ1) is 7.37. The average molecular weight is 166 g/mol. The number of hydrogen-bond donors (Lipinski definition) is 0. The van der Waals surface area contributed by atoms with Crippen molar-refractivity contribution in [2.45, 2.75) is 51.7 Å². The molecule has 0 unspecified atom stereocenters. The fourth-order valence-electron chi connectivity index (χ4n) is 3.59. The second-order valence-corrected chi connectivity index (χ2v) is 5.28. The maximum absolute atomic E-state index is 5.93. The van der Waals surface area contributed by atoms with Crippen molar-refractivity contribution in [3.63, 3.8) is 0 Å². The molecule has 0 spiro atoms. The standard InChI is InChI=1S/C11H18O/c1-7(2)11-5-8-3-4-10(12-8)9(11)6-11/h7-10H,3-6H2,1-2H3/t8-,9+,10+,11+/m1/s1. The van der Waals surface area contributed by atoms with Gasteiger partial charge in [-0.3, -0.25) is 0 Å². The monoisotopic (exact) mass is 166 g/mol. The van der Waals surface area contributed by atoms with Gasteiger partial charge in [-0.2, -0.15) is 0 Å². The maximum atomic E-state index is 5.93. The number of hydrogen-bond acceptors (Lipinski definition) is 1. The molecule has 2 heterocycles. The van der Waals surface area contributed by atoms with Crippen molar-refractivity contribution in [1.29, 1.82) is 0 Å². The Morgan fingerprint density at radius 2 is 2.08 bits per heavy atom. The molecule has 3 rings (SSSR count). The molecule has 0 amide bonds. The second-order valence-electron chi connectivity index (χ2n) is 5.28. The fourth-order valence-corrected chi connectivity index (χ4v) is 3.59. The molecule has 0 aromatic carbocycles. The molecule has 2 aliphatic heterocycles. The Kier molecular flexibility index (Phi) is 1.27. The van der Waals surface area contributed by atoms with E-state index in [9.17, 15) is 0 Å². The van der Waals surface area contributed by atoms with E-state index in [0.29, 0.717) is 12.2 Å². The molecule has 1 nitrogen and oxygen atoms in total. The molecular weight excluding hydrogens is 148 g/mol. The van der Waals surface area contributed by atoms with E-state index >= 15 is 0 Å². The molecular formula is C11H18O. The zero-order valence-electron chi connectivity index (χ0n) is 8.05. The van der Waals surface area contributed by atoms with Crippen LogP contribution in [0.5, 0.6) is 0 Å². The molecule has 3 fully saturated rings. The van der Waals surface area contributed by atoms with Crippen LogP contribution in [0.25, 0.3) is 0 Å². The molecule has 0 aromatic heterocycles. The minimum Gasteiger partial charge on any atom is -0.375 e. The molecule has 2 bridgehead atoms. The molecule has 0 aromatic rings. The Hall–Kier alpha value is -0.0400. The highest BCUT2D eigenvalue weighted by molar-refractivity contribution is 5.13. The van der Waals surface area contributed by atoms with Gasteiger partial charge in [-0.25, -0.2) is 0 Å². The minimum absolute atomic E-state index is 0.635. The first-order chi connectivity index (χ1) is 5.72. The summed E-state index contributed by atoms with van der Waals surface area (Å²) in [5.41, 5.74) is 0.726. The zero-order valence-corrected chi connectivity index (χ0v) is 8.05. The van der Waals surface area contributed by atoms with Crippen molar-refractivity contribution in [3.8, 4) is 0 Å². The van der Waals surface area contributed by atoms with Crippen LogP contribution in [0.15, 0.2) is 0 Å². The summed E-state index contributed by atoms with van der Waals surface area (Å²) < 4.78 is 5.93. The zero-order chi connectivity index (χ0) is 8.34. The Balaban J connectivity index is 1.87. The largest absolute Gasteiger partial charge is 0.375 e. The van der Waals surface area contributed by atoms with Crippen molar-refractivity contribution < 1.29 is 4.74 Å². The van der Waals surface area contributed by atoms with Gasteiger partial charge in [-0.15, -0.1) is 0 Å². The van der Waals surface area contributed by atoms with Crippen LogP contribution in [0.4, 0.5) is 0 Å². The quantitative estimate of drug-likeness (QED) is 0.582. The summed E-state index contributed by atoms with van der Waals surface area (Å²) >= 11 is 0. The molecule has 1 aliphatic carbocycles. The van der Waals surface area contributed by atoms with Gasteiger partial charge in [0.25, 0.3) is 0 Å². The van der Waals surface area contributed by atoms with Gasteiger partial charge >= 0.3 is 0 Å². The van der Waals surface area contributed by atoms with Crippen LogP contribution >= 0.6 is 0 Å². The summed E-state index contributed by atoms with van der Waals surface area (Å²) in [6.07, 6.45) is 6.82. The van der Waals surface area contributed by atoms with Gasteiger partial charge in [0.2, 0.25) is 0 Å². The van der Waals surface area contributed by atoms with Crippen molar-refractivity contribution in [2.75, 3.05) is 0 Å². The van der Waals surface area contributed by atoms with E-state index in [0.717, 1.165) is 17.3 Å². The highest BCUT2D eigenvalue weighted by atomic mass is 16.5. The molecule has 68 valence electrons. The van der Waals surface area contributed by atoms with E-state index < -0.39 is 0 Å². The normalized spacial score (nSPS) is 55.8. The summed E-state index contributed by atoms with van der Waals surface area (Å²) in [5.74, 6) is 1.82. The van der Waals surface area contributed by atoms with Gasteiger partial charge in [0.1, 0.15) is 0 Å². The highest BCUT2D eigenvalue weighted by Crippen LogP contribution is 2.68. The summed E-state index contributed by atoms with van der Waals surface area (Å²) in [6.45, 7) is 4.79. The van der Waals surface area contributed by atoms with Crippen LogP contribution in [0.3, 0.4) is 0 Å². The van der Waals surface area contributed by atoms with Gasteiger partial charge in [-0.05, 0) is 42.9 Å². The van der Waals surface area contributed by atoms with Gasteiger partial charge in [0.05, 0.1) is 12.2 Å². The van der Waals surface area contributed by atoms with Crippen LogP contribution in [0.1, 0.15) is 39.5 Å². The van der Waals surface area contributed by atoms with Crippen molar-refractivity contribution >= 4 is 0 Å². The maximum Gasteiger partial charge on any atom is 0.0613 e. The van der Waals surface area contributed by atoms with Gasteiger partial charge in [-0.1, -0.05) is 13.8 Å². The van der Waals surface area contributed by atoms with Gasteiger partial charge < -0.3 is 4.74 Å². The third-order valence-electron chi connectivity index (χ3n) is 4.53. The van der Waals surface area contributed by atoms with Crippen LogP contribution in [0, 0.1) is 17.3 Å². The van der Waals surface area contributed by atoms with E-state index in [1.54, 1.807) is 0 Å². The summed E-state index contributed by atoms with van der Waals surface area (Å²) in [7, 11) is 0. The first-order valence-electron chi connectivity index (χ1n) is 5.38. The van der Waals surface area contributed by atoms with Crippen LogP contribution < -0.4 is 0 Å². The molecule has 1 saturated carbocycles. The van der Waals surface area contributed by atoms with E-state index in [4.69, 9.17) is 4.74 Å². The Morgan fingerprint density at radius 1 is 1.25 bits per heavy atom. The Labute approximate surface area is 74.5 Å². The lowest BCUT2D eigenvalue weighted by Gasteiger charge is -2.30. The van der Waals surface area contributed by atoms with E-state index in [1.165, 1.54) is 25.7 Å². The van der Waals surface area contributed by atoms with Crippen LogP contribution in [0.2, 0.25) is 0 Å². The van der Waals surface area contributed by atoms with E-state index in [2.05, 4.69) is 13.8 Å². The fraction of sp³-hybridized carbons (Fsp3) is 1.00. The number of fused-ring (bicyclic) bond motifs is 4. The SMILES string of the molecule is CC(C)[C@@]12C[C@H]3CC[C@H](O3)[C@@H]1C2. The van der Waals surface area contributed by atoms with Crippen molar-refractivity contribution in [2.24, 2.45) is 17.3 Å².